The minimum Gasteiger partial charge on any atom is -0.392 e. The van der Waals surface area contributed by atoms with Gasteiger partial charge in [0.2, 0.25) is 0 Å². The quantitative estimate of drug-likeness (QED) is 0.759. The zero-order valence-electron chi connectivity index (χ0n) is 10.5. The number of rotatable bonds is 3. The molecule has 0 radical (unpaired) electrons. The maximum absolute atomic E-state index is 9.48. The van der Waals surface area contributed by atoms with Gasteiger partial charge in [0.05, 0.1) is 6.10 Å². The fourth-order valence-corrected chi connectivity index (χ4v) is 3.06. The number of hydrogen-bond acceptors (Lipinski definition) is 3. The highest BCUT2D eigenvalue weighted by Crippen LogP contribution is 2.20. The monoisotopic (exact) mass is 226 g/mol. The third-order valence-corrected chi connectivity index (χ3v) is 4.19. The second kappa shape index (κ2) is 5.99. The first-order chi connectivity index (χ1) is 7.78. The Labute approximate surface area is 99.2 Å². The Morgan fingerprint density at radius 3 is 2.88 bits per heavy atom. The fraction of sp³-hybridized carbons (Fsp3) is 1.00. The Bertz CT molecular complexity index is 210. The number of aliphatic hydroxyl groups is 1. The summed E-state index contributed by atoms with van der Waals surface area (Å²) in [7, 11) is 0. The van der Waals surface area contributed by atoms with Crippen LogP contribution in [0.15, 0.2) is 0 Å². The van der Waals surface area contributed by atoms with Crippen LogP contribution in [0, 0.1) is 5.92 Å². The van der Waals surface area contributed by atoms with Gasteiger partial charge in [0, 0.05) is 19.1 Å². The van der Waals surface area contributed by atoms with Crippen molar-refractivity contribution in [3.05, 3.63) is 0 Å². The summed E-state index contributed by atoms with van der Waals surface area (Å²) in [5, 5.41) is 12.9. The first-order valence-electron chi connectivity index (χ1n) is 6.91. The summed E-state index contributed by atoms with van der Waals surface area (Å²) in [6.07, 6.45) is 6.30. The van der Waals surface area contributed by atoms with Crippen LogP contribution in [0.25, 0.3) is 0 Å². The molecular weight excluding hydrogens is 200 g/mol. The predicted octanol–water partition coefficient (Wildman–Crippen LogP) is 1.22. The predicted molar refractivity (Wildman–Crippen MR) is 66.5 cm³/mol. The summed E-state index contributed by atoms with van der Waals surface area (Å²) in [6, 6.07) is 0.521. The maximum atomic E-state index is 9.48. The molecule has 3 heteroatoms. The molecule has 0 aromatic rings. The van der Waals surface area contributed by atoms with Crippen LogP contribution in [-0.4, -0.2) is 48.3 Å². The number of aliphatic hydroxyl groups excluding tert-OH is 1. The summed E-state index contributed by atoms with van der Waals surface area (Å²) in [6.45, 7) is 6.75. The van der Waals surface area contributed by atoms with E-state index in [4.69, 9.17) is 0 Å². The average molecular weight is 226 g/mol. The lowest BCUT2D eigenvalue weighted by Crippen LogP contribution is -2.38. The van der Waals surface area contributed by atoms with Crippen LogP contribution >= 0.6 is 0 Å². The molecule has 0 saturated carbocycles. The highest BCUT2D eigenvalue weighted by Gasteiger charge is 2.25. The molecule has 0 aliphatic carbocycles. The topological polar surface area (TPSA) is 35.5 Å². The first kappa shape index (κ1) is 12.3. The van der Waals surface area contributed by atoms with Gasteiger partial charge in [-0.2, -0.15) is 0 Å². The molecule has 2 rings (SSSR count). The average Bonchev–Trinajstić information content (AvgIpc) is 2.55. The van der Waals surface area contributed by atoms with Gasteiger partial charge in [-0.3, -0.25) is 0 Å². The molecule has 0 aromatic heterocycles. The molecule has 3 atom stereocenters. The Kier molecular flexibility index (Phi) is 4.62. The van der Waals surface area contributed by atoms with Crippen molar-refractivity contribution in [1.29, 1.82) is 0 Å². The normalized spacial score (nSPS) is 37.5. The summed E-state index contributed by atoms with van der Waals surface area (Å²) < 4.78 is 0. The van der Waals surface area contributed by atoms with Crippen molar-refractivity contribution in [1.82, 2.24) is 10.2 Å². The third kappa shape index (κ3) is 3.44. The molecule has 0 aromatic carbocycles. The SMILES string of the molecule is CCC1CCCN(CC2CC(O)CN2)CC1. The standard InChI is InChI=1S/C13H26N2O/c1-2-11-4-3-6-15(7-5-11)10-12-8-13(16)9-14-12/h11-14,16H,2-10H2,1H3. The van der Waals surface area contributed by atoms with E-state index in [-0.39, 0.29) is 6.10 Å². The molecule has 2 aliphatic heterocycles. The van der Waals surface area contributed by atoms with Crippen molar-refractivity contribution in [3.8, 4) is 0 Å². The van der Waals surface area contributed by atoms with Gasteiger partial charge in [-0.1, -0.05) is 13.3 Å². The number of nitrogens with zero attached hydrogens (tertiary/aromatic N) is 1. The van der Waals surface area contributed by atoms with Gasteiger partial charge >= 0.3 is 0 Å². The molecule has 94 valence electrons. The van der Waals surface area contributed by atoms with E-state index in [0.29, 0.717) is 6.04 Å². The molecule has 0 bridgehead atoms. The van der Waals surface area contributed by atoms with Crippen molar-refractivity contribution in [2.45, 2.75) is 51.2 Å². The summed E-state index contributed by atoms with van der Waals surface area (Å²) in [5.74, 6) is 0.951. The number of likely N-dealkylation sites (tertiary alicyclic amines) is 1. The van der Waals surface area contributed by atoms with Crippen molar-refractivity contribution in [3.63, 3.8) is 0 Å². The van der Waals surface area contributed by atoms with Crippen molar-refractivity contribution < 1.29 is 5.11 Å². The van der Waals surface area contributed by atoms with E-state index in [0.717, 1.165) is 25.4 Å². The van der Waals surface area contributed by atoms with E-state index >= 15 is 0 Å². The van der Waals surface area contributed by atoms with Crippen molar-refractivity contribution >= 4 is 0 Å². The van der Waals surface area contributed by atoms with Crippen LogP contribution in [0.4, 0.5) is 0 Å². The largest absolute Gasteiger partial charge is 0.392 e. The fourth-order valence-electron chi connectivity index (χ4n) is 3.06. The molecule has 0 spiro atoms. The van der Waals surface area contributed by atoms with Crippen LogP contribution in [-0.2, 0) is 0 Å². The molecule has 0 amide bonds. The lowest BCUT2D eigenvalue weighted by atomic mass is 9.98. The maximum Gasteiger partial charge on any atom is 0.0680 e. The van der Waals surface area contributed by atoms with Gasteiger partial charge in [-0.15, -0.1) is 0 Å². The summed E-state index contributed by atoms with van der Waals surface area (Å²) in [5.41, 5.74) is 0. The molecule has 2 saturated heterocycles. The smallest absolute Gasteiger partial charge is 0.0680 e. The van der Waals surface area contributed by atoms with E-state index < -0.39 is 0 Å². The van der Waals surface area contributed by atoms with E-state index in [9.17, 15) is 5.11 Å². The van der Waals surface area contributed by atoms with E-state index in [1.165, 1.54) is 38.8 Å². The van der Waals surface area contributed by atoms with Crippen LogP contribution < -0.4 is 5.32 Å². The van der Waals surface area contributed by atoms with Crippen LogP contribution in [0.3, 0.4) is 0 Å². The Balaban J connectivity index is 1.73. The molecule has 2 N–H and O–H groups in total. The van der Waals surface area contributed by atoms with Crippen LogP contribution in [0.5, 0.6) is 0 Å². The molecule has 16 heavy (non-hydrogen) atoms. The van der Waals surface area contributed by atoms with E-state index in [1.807, 2.05) is 0 Å². The zero-order chi connectivity index (χ0) is 11.4. The number of hydrogen-bond donors (Lipinski definition) is 2. The van der Waals surface area contributed by atoms with Crippen molar-refractivity contribution in [2.75, 3.05) is 26.2 Å². The number of β-amino-alcohol motifs (C(OH)–C–C–N with tert-alkyl or cyclic N) is 1. The van der Waals surface area contributed by atoms with Crippen molar-refractivity contribution in [2.24, 2.45) is 5.92 Å². The van der Waals surface area contributed by atoms with Gasteiger partial charge in [-0.05, 0) is 44.7 Å². The molecule has 2 heterocycles. The zero-order valence-corrected chi connectivity index (χ0v) is 10.5. The molecule has 3 unspecified atom stereocenters. The molecule has 3 nitrogen and oxygen atoms in total. The molecule has 2 fully saturated rings. The van der Waals surface area contributed by atoms with Gasteiger partial charge in [0.25, 0.3) is 0 Å². The van der Waals surface area contributed by atoms with E-state index in [1.54, 1.807) is 0 Å². The van der Waals surface area contributed by atoms with Gasteiger partial charge in [0.15, 0.2) is 0 Å². The highest BCUT2D eigenvalue weighted by molar-refractivity contribution is 4.84. The van der Waals surface area contributed by atoms with E-state index in [2.05, 4.69) is 17.1 Å². The molecular formula is C13H26N2O. The third-order valence-electron chi connectivity index (χ3n) is 4.19. The minimum atomic E-state index is -0.111. The van der Waals surface area contributed by atoms with Crippen LogP contribution in [0.1, 0.15) is 39.0 Å². The lowest BCUT2D eigenvalue weighted by molar-refractivity contribution is 0.187. The van der Waals surface area contributed by atoms with Gasteiger partial charge in [-0.25, -0.2) is 0 Å². The lowest BCUT2D eigenvalue weighted by Gasteiger charge is -2.23. The minimum absolute atomic E-state index is 0.111. The first-order valence-corrected chi connectivity index (χ1v) is 6.91. The van der Waals surface area contributed by atoms with Gasteiger partial charge in [0.1, 0.15) is 0 Å². The highest BCUT2D eigenvalue weighted by atomic mass is 16.3. The number of nitrogens with one attached hydrogen (secondary N) is 1. The Morgan fingerprint density at radius 1 is 1.31 bits per heavy atom. The Morgan fingerprint density at radius 2 is 2.19 bits per heavy atom. The Hall–Kier alpha value is -0.120. The molecule has 2 aliphatic rings. The second-order valence-corrected chi connectivity index (χ2v) is 5.50. The van der Waals surface area contributed by atoms with Crippen LogP contribution in [0.2, 0.25) is 0 Å². The summed E-state index contributed by atoms with van der Waals surface area (Å²) >= 11 is 0. The van der Waals surface area contributed by atoms with Gasteiger partial charge < -0.3 is 15.3 Å². The summed E-state index contributed by atoms with van der Waals surface area (Å²) in [4.78, 5) is 2.59. The second-order valence-electron chi connectivity index (χ2n) is 5.50.